The molecule has 2 saturated heterocycles. The molecule has 1 amide bonds. The number of nitrogens with zero attached hydrogens (tertiary/aromatic N) is 1. The van der Waals surface area contributed by atoms with Gasteiger partial charge in [0.1, 0.15) is 0 Å². The number of carbonyl (C=O) groups is 1. The lowest BCUT2D eigenvalue weighted by Gasteiger charge is -2.34. The zero-order valence-electron chi connectivity index (χ0n) is 10.6. The molecule has 4 nitrogen and oxygen atoms in total. The summed E-state index contributed by atoms with van der Waals surface area (Å²) in [5.41, 5.74) is 0. The number of nitrogens with one attached hydrogen (secondary N) is 1. The fourth-order valence-corrected chi connectivity index (χ4v) is 3.66. The highest BCUT2D eigenvalue weighted by Gasteiger charge is 2.36. The van der Waals surface area contributed by atoms with Crippen LogP contribution in [-0.4, -0.2) is 61.2 Å². The fourth-order valence-electron chi connectivity index (χ4n) is 2.48. The molecule has 0 radical (unpaired) electrons. The third-order valence-corrected chi connectivity index (χ3v) is 5.05. The number of carbonyl (C=O) groups excluding carboxylic acids is 1. The molecule has 17 heavy (non-hydrogen) atoms. The van der Waals surface area contributed by atoms with Gasteiger partial charge in [0, 0.05) is 30.1 Å². The van der Waals surface area contributed by atoms with Crippen LogP contribution in [0.2, 0.25) is 0 Å². The molecule has 0 bridgehead atoms. The molecule has 0 aromatic carbocycles. The van der Waals surface area contributed by atoms with Gasteiger partial charge < -0.3 is 15.0 Å². The highest BCUT2D eigenvalue weighted by Crippen LogP contribution is 2.24. The normalized spacial score (nSPS) is 34.0. The standard InChI is InChI=1S/C12H22N2O2S/c1-3-9-6-14(4-5-17-9)12(15)10-7-16-8-11(10)13-2/h9-11,13H,3-8H2,1-2H3. The lowest BCUT2D eigenvalue weighted by atomic mass is 10.0. The minimum absolute atomic E-state index is 0.0145. The lowest BCUT2D eigenvalue weighted by Crippen LogP contribution is -2.49. The van der Waals surface area contributed by atoms with Crippen molar-refractivity contribution in [2.24, 2.45) is 5.92 Å². The van der Waals surface area contributed by atoms with Gasteiger partial charge in [0.25, 0.3) is 0 Å². The SMILES string of the molecule is CCC1CN(C(=O)C2COCC2NC)CCS1. The first-order valence-corrected chi connectivity index (χ1v) is 7.46. The zero-order chi connectivity index (χ0) is 12.3. The van der Waals surface area contributed by atoms with Gasteiger partial charge in [-0.25, -0.2) is 0 Å². The highest BCUT2D eigenvalue weighted by atomic mass is 32.2. The molecule has 3 atom stereocenters. The molecule has 0 aliphatic carbocycles. The Morgan fingerprint density at radius 1 is 1.53 bits per heavy atom. The molecule has 3 unspecified atom stereocenters. The van der Waals surface area contributed by atoms with Crippen LogP contribution in [0, 0.1) is 5.92 Å². The van der Waals surface area contributed by atoms with Crippen molar-refractivity contribution in [1.82, 2.24) is 10.2 Å². The Labute approximate surface area is 107 Å². The number of ether oxygens (including phenoxy) is 1. The van der Waals surface area contributed by atoms with Crippen LogP contribution in [0.25, 0.3) is 0 Å². The summed E-state index contributed by atoms with van der Waals surface area (Å²) in [4.78, 5) is 14.5. The molecule has 2 aliphatic rings. The molecule has 2 rings (SSSR count). The van der Waals surface area contributed by atoms with Gasteiger partial charge in [-0.3, -0.25) is 4.79 Å². The average molecular weight is 258 g/mol. The second-order valence-corrected chi connectivity index (χ2v) is 6.13. The number of hydrogen-bond acceptors (Lipinski definition) is 4. The first-order chi connectivity index (χ1) is 8.26. The summed E-state index contributed by atoms with van der Waals surface area (Å²) in [6.45, 7) is 5.23. The van der Waals surface area contributed by atoms with Gasteiger partial charge in [-0.05, 0) is 13.5 Å². The molecule has 0 aromatic rings. The van der Waals surface area contributed by atoms with E-state index in [0.29, 0.717) is 18.5 Å². The van der Waals surface area contributed by atoms with Crippen molar-refractivity contribution >= 4 is 17.7 Å². The largest absolute Gasteiger partial charge is 0.379 e. The fraction of sp³-hybridized carbons (Fsp3) is 0.917. The van der Waals surface area contributed by atoms with Crippen molar-refractivity contribution in [2.75, 3.05) is 39.1 Å². The van der Waals surface area contributed by atoms with Crippen molar-refractivity contribution in [3.8, 4) is 0 Å². The molecule has 2 heterocycles. The van der Waals surface area contributed by atoms with Crippen LogP contribution in [0.3, 0.4) is 0 Å². The van der Waals surface area contributed by atoms with Crippen molar-refractivity contribution in [2.45, 2.75) is 24.6 Å². The molecule has 2 aliphatic heterocycles. The summed E-state index contributed by atoms with van der Waals surface area (Å²) in [7, 11) is 1.90. The number of likely N-dealkylation sites (N-methyl/N-ethyl adjacent to an activating group) is 1. The topological polar surface area (TPSA) is 41.6 Å². The molecular weight excluding hydrogens is 236 g/mol. The summed E-state index contributed by atoms with van der Waals surface area (Å²) in [6.07, 6.45) is 1.14. The predicted molar refractivity (Wildman–Crippen MR) is 70.3 cm³/mol. The Kier molecular flexibility index (Phi) is 4.70. The molecular formula is C12H22N2O2S. The second kappa shape index (κ2) is 6.07. The van der Waals surface area contributed by atoms with Gasteiger partial charge in [0.2, 0.25) is 5.91 Å². The van der Waals surface area contributed by atoms with Crippen molar-refractivity contribution in [3.05, 3.63) is 0 Å². The predicted octanol–water partition coefficient (Wildman–Crippen LogP) is 0.575. The molecule has 0 saturated carbocycles. The molecule has 2 fully saturated rings. The van der Waals surface area contributed by atoms with Crippen LogP contribution in [0.1, 0.15) is 13.3 Å². The van der Waals surface area contributed by atoms with Gasteiger partial charge in [0.05, 0.1) is 19.1 Å². The van der Waals surface area contributed by atoms with Crippen LogP contribution in [0.4, 0.5) is 0 Å². The quantitative estimate of drug-likeness (QED) is 0.804. The Morgan fingerprint density at radius 2 is 2.35 bits per heavy atom. The van der Waals surface area contributed by atoms with Crippen molar-refractivity contribution in [1.29, 1.82) is 0 Å². The molecule has 98 valence electrons. The smallest absolute Gasteiger partial charge is 0.229 e. The van der Waals surface area contributed by atoms with E-state index in [9.17, 15) is 4.79 Å². The Bertz CT molecular complexity index is 275. The average Bonchev–Trinajstić information content (AvgIpc) is 2.86. The second-order valence-electron chi connectivity index (χ2n) is 4.72. The van der Waals surface area contributed by atoms with Gasteiger partial charge in [-0.15, -0.1) is 0 Å². The summed E-state index contributed by atoms with van der Waals surface area (Å²) in [6, 6.07) is 0.192. The van der Waals surface area contributed by atoms with E-state index in [1.807, 2.05) is 23.7 Å². The summed E-state index contributed by atoms with van der Waals surface area (Å²) in [5, 5.41) is 3.80. The molecule has 0 aromatic heterocycles. The zero-order valence-corrected chi connectivity index (χ0v) is 11.5. The minimum atomic E-state index is 0.0145. The van der Waals surface area contributed by atoms with Crippen LogP contribution in [0.15, 0.2) is 0 Å². The Balaban J connectivity index is 1.94. The van der Waals surface area contributed by atoms with Gasteiger partial charge in [-0.1, -0.05) is 6.92 Å². The van der Waals surface area contributed by atoms with Gasteiger partial charge >= 0.3 is 0 Å². The molecule has 5 heteroatoms. The van der Waals surface area contributed by atoms with E-state index in [2.05, 4.69) is 12.2 Å². The van der Waals surface area contributed by atoms with Crippen LogP contribution in [-0.2, 0) is 9.53 Å². The molecule has 0 spiro atoms. The Morgan fingerprint density at radius 3 is 3.06 bits per heavy atom. The maximum absolute atomic E-state index is 12.4. The first-order valence-electron chi connectivity index (χ1n) is 6.41. The van der Waals surface area contributed by atoms with Crippen molar-refractivity contribution < 1.29 is 9.53 Å². The summed E-state index contributed by atoms with van der Waals surface area (Å²) in [5.74, 6) is 1.36. The number of rotatable bonds is 3. The number of thioether (sulfide) groups is 1. The third kappa shape index (κ3) is 2.95. The van der Waals surface area contributed by atoms with E-state index in [4.69, 9.17) is 4.74 Å². The van der Waals surface area contributed by atoms with Crippen molar-refractivity contribution in [3.63, 3.8) is 0 Å². The maximum atomic E-state index is 12.4. The van der Waals surface area contributed by atoms with E-state index in [1.54, 1.807) is 0 Å². The van der Waals surface area contributed by atoms with Crippen LogP contribution in [0.5, 0.6) is 0 Å². The first kappa shape index (κ1) is 13.2. The van der Waals surface area contributed by atoms with E-state index in [0.717, 1.165) is 25.3 Å². The maximum Gasteiger partial charge on any atom is 0.229 e. The number of amides is 1. The number of hydrogen-bond donors (Lipinski definition) is 1. The minimum Gasteiger partial charge on any atom is -0.379 e. The highest BCUT2D eigenvalue weighted by molar-refractivity contribution is 8.00. The van der Waals surface area contributed by atoms with E-state index >= 15 is 0 Å². The van der Waals surface area contributed by atoms with Gasteiger partial charge in [-0.2, -0.15) is 11.8 Å². The van der Waals surface area contributed by atoms with E-state index < -0.39 is 0 Å². The van der Waals surface area contributed by atoms with Crippen LogP contribution < -0.4 is 5.32 Å². The van der Waals surface area contributed by atoms with Gasteiger partial charge in [0.15, 0.2) is 0 Å². The lowest BCUT2D eigenvalue weighted by molar-refractivity contribution is -0.135. The third-order valence-electron chi connectivity index (χ3n) is 3.67. The van der Waals surface area contributed by atoms with Crippen LogP contribution >= 0.6 is 11.8 Å². The monoisotopic (exact) mass is 258 g/mol. The summed E-state index contributed by atoms with van der Waals surface area (Å²) >= 11 is 1.99. The molecule has 1 N–H and O–H groups in total. The Hall–Kier alpha value is -0.260. The van der Waals surface area contributed by atoms with E-state index in [1.165, 1.54) is 0 Å². The van der Waals surface area contributed by atoms with E-state index in [-0.39, 0.29) is 17.9 Å². The summed E-state index contributed by atoms with van der Waals surface area (Å²) < 4.78 is 5.41.